The molecule has 0 atom stereocenters. The molecule has 1 aliphatic rings. The largest absolute Gasteiger partial charge is 0.477 e. The van der Waals surface area contributed by atoms with Gasteiger partial charge in [0.15, 0.2) is 5.78 Å². The number of aromatic nitrogens is 1. The Hall–Kier alpha value is -1.42. The molecule has 2 rings (SSSR count). The Labute approximate surface area is 101 Å². The van der Waals surface area contributed by atoms with Crippen LogP contribution in [0, 0.1) is 5.92 Å². The van der Waals surface area contributed by atoms with E-state index in [2.05, 4.69) is 4.98 Å². The van der Waals surface area contributed by atoms with Gasteiger partial charge in [0.1, 0.15) is 0 Å². The SMILES string of the molecule is CC(=O)c1ccnc(OCC2CCOCC2)c1. The zero-order chi connectivity index (χ0) is 12.1. The molecular formula is C13H17NO3. The van der Waals surface area contributed by atoms with E-state index in [9.17, 15) is 4.79 Å². The number of hydrogen-bond donors (Lipinski definition) is 0. The van der Waals surface area contributed by atoms with Crippen LogP contribution in [0.3, 0.4) is 0 Å². The van der Waals surface area contributed by atoms with E-state index in [1.54, 1.807) is 18.3 Å². The predicted molar refractivity (Wildman–Crippen MR) is 63.3 cm³/mol. The van der Waals surface area contributed by atoms with E-state index in [4.69, 9.17) is 9.47 Å². The Kier molecular flexibility index (Phi) is 4.09. The third-order valence-corrected chi connectivity index (χ3v) is 2.95. The van der Waals surface area contributed by atoms with Crippen molar-refractivity contribution >= 4 is 5.78 Å². The Bertz CT molecular complexity index is 386. The van der Waals surface area contributed by atoms with Crippen LogP contribution in [-0.2, 0) is 4.74 Å². The summed E-state index contributed by atoms with van der Waals surface area (Å²) in [5.74, 6) is 1.10. The maximum absolute atomic E-state index is 11.2. The molecule has 92 valence electrons. The summed E-state index contributed by atoms with van der Waals surface area (Å²) in [6.45, 7) is 3.82. The van der Waals surface area contributed by atoms with Gasteiger partial charge in [0.25, 0.3) is 0 Å². The number of carbonyl (C=O) groups excluding carboxylic acids is 1. The third kappa shape index (κ3) is 3.53. The average molecular weight is 235 g/mol. The summed E-state index contributed by atoms with van der Waals surface area (Å²) in [4.78, 5) is 15.3. The van der Waals surface area contributed by atoms with Crippen molar-refractivity contribution in [2.24, 2.45) is 5.92 Å². The fraction of sp³-hybridized carbons (Fsp3) is 0.538. The lowest BCUT2D eigenvalue weighted by Gasteiger charge is -2.21. The molecule has 2 heterocycles. The lowest BCUT2D eigenvalue weighted by atomic mass is 10.0. The van der Waals surface area contributed by atoms with Crippen molar-refractivity contribution in [2.45, 2.75) is 19.8 Å². The van der Waals surface area contributed by atoms with Gasteiger partial charge in [0, 0.05) is 31.0 Å². The quantitative estimate of drug-likeness (QED) is 0.750. The molecule has 1 fully saturated rings. The summed E-state index contributed by atoms with van der Waals surface area (Å²) in [6, 6.07) is 3.39. The molecular weight excluding hydrogens is 218 g/mol. The summed E-state index contributed by atoms with van der Waals surface area (Å²) in [6.07, 6.45) is 3.68. The van der Waals surface area contributed by atoms with Crippen LogP contribution in [0.2, 0.25) is 0 Å². The van der Waals surface area contributed by atoms with Crippen LogP contribution in [0.5, 0.6) is 5.88 Å². The first-order valence-corrected chi connectivity index (χ1v) is 5.93. The van der Waals surface area contributed by atoms with Gasteiger partial charge in [0.2, 0.25) is 5.88 Å². The fourth-order valence-electron chi connectivity index (χ4n) is 1.82. The number of ketones is 1. The molecule has 1 aromatic heterocycles. The van der Waals surface area contributed by atoms with Crippen LogP contribution in [0.25, 0.3) is 0 Å². The first-order chi connectivity index (χ1) is 8.25. The molecule has 0 aromatic carbocycles. The minimum Gasteiger partial charge on any atom is -0.477 e. The highest BCUT2D eigenvalue weighted by molar-refractivity contribution is 5.94. The Morgan fingerprint density at radius 1 is 1.53 bits per heavy atom. The topological polar surface area (TPSA) is 48.4 Å². The molecule has 4 nitrogen and oxygen atoms in total. The van der Waals surface area contributed by atoms with E-state index in [1.807, 2.05) is 0 Å². The molecule has 1 aromatic rings. The highest BCUT2D eigenvalue weighted by atomic mass is 16.5. The van der Waals surface area contributed by atoms with Crippen molar-refractivity contribution in [1.29, 1.82) is 0 Å². The second-order valence-electron chi connectivity index (χ2n) is 4.31. The maximum Gasteiger partial charge on any atom is 0.213 e. The van der Waals surface area contributed by atoms with Crippen molar-refractivity contribution in [3.05, 3.63) is 23.9 Å². The summed E-state index contributed by atoms with van der Waals surface area (Å²) in [7, 11) is 0. The summed E-state index contributed by atoms with van der Waals surface area (Å²) < 4.78 is 10.9. The Morgan fingerprint density at radius 2 is 2.29 bits per heavy atom. The first-order valence-electron chi connectivity index (χ1n) is 5.93. The van der Waals surface area contributed by atoms with Crippen molar-refractivity contribution < 1.29 is 14.3 Å². The lowest BCUT2D eigenvalue weighted by Crippen LogP contribution is -2.21. The Morgan fingerprint density at radius 3 is 3.00 bits per heavy atom. The van der Waals surface area contributed by atoms with Crippen LogP contribution >= 0.6 is 0 Å². The number of pyridine rings is 1. The van der Waals surface area contributed by atoms with Gasteiger partial charge >= 0.3 is 0 Å². The molecule has 4 heteroatoms. The minimum atomic E-state index is 0.0308. The van der Waals surface area contributed by atoms with E-state index >= 15 is 0 Å². The molecule has 17 heavy (non-hydrogen) atoms. The first kappa shape index (κ1) is 12.0. The molecule has 0 saturated carbocycles. The van der Waals surface area contributed by atoms with E-state index in [0.29, 0.717) is 24.0 Å². The van der Waals surface area contributed by atoms with E-state index in [0.717, 1.165) is 26.1 Å². The molecule has 0 spiro atoms. The highest BCUT2D eigenvalue weighted by Crippen LogP contribution is 2.17. The van der Waals surface area contributed by atoms with Crippen LogP contribution < -0.4 is 4.74 Å². The van der Waals surface area contributed by atoms with Gasteiger partial charge in [-0.15, -0.1) is 0 Å². The number of hydrogen-bond acceptors (Lipinski definition) is 4. The van der Waals surface area contributed by atoms with E-state index in [1.165, 1.54) is 6.92 Å². The summed E-state index contributed by atoms with van der Waals surface area (Å²) in [5.41, 5.74) is 0.641. The van der Waals surface area contributed by atoms with E-state index in [-0.39, 0.29) is 5.78 Å². The molecule has 0 bridgehead atoms. The predicted octanol–water partition coefficient (Wildman–Crippen LogP) is 2.09. The van der Waals surface area contributed by atoms with Crippen molar-refractivity contribution in [3.8, 4) is 5.88 Å². The molecule has 1 aliphatic heterocycles. The van der Waals surface area contributed by atoms with Gasteiger partial charge in [-0.2, -0.15) is 0 Å². The minimum absolute atomic E-state index is 0.0308. The van der Waals surface area contributed by atoms with Gasteiger partial charge in [-0.25, -0.2) is 4.98 Å². The zero-order valence-corrected chi connectivity index (χ0v) is 10.0. The van der Waals surface area contributed by atoms with Crippen molar-refractivity contribution in [2.75, 3.05) is 19.8 Å². The molecule has 0 radical (unpaired) electrons. The number of rotatable bonds is 4. The van der Waals surface area contributed by atoms with Crippen LogP contribution in [0.1, 0.15) is 30.1 Å². The molecule has 1 saturated heterocycles. The number of ether oxygens (including phenoxy) is 2. The summed E-state index contributed by atoms with van der Waals surface area (Å²) in [5, 5.41) is 0. The molecule has 0 amide bonds. The van der Waals surface area contributed by atoms with Crippen LogP contribution in [0.15, 0.2) is 18.3 Å². The smallest absolute Gasteiger partial charge is 0.213 e. The average Bonchev–Trinajstić information content (AvgIpc) is 2.38. The number of Topliss-reactive ketones (excluding diaryl/α,β-unsaturated/α-hetero) is 1. The van der Waals surface area contributed by atoms with E-state index < -0.39 is 0 Å². The number of carbonyl (C=O) groups is 1. The normalized spacial score (nSPS) is 16.8. The standard InChI is InChI=1S/C13H17NO3/c1-10(15)12-2-5-14-13(8-12)17-9-11-3-6-16-7-4-11/h2,5,8,11H,3-4,6-7,9H2,1H3. The molecule has 0 aliphatic carbocycles. The van der Waals surface area contributed by atoms with Gasteiger partial charge < -0.3 is 9.47 Å². The van der Waals surface area contributed by atoms with Crippen molar-refractivity contribution in [3.63, 3.8) is 0 Å². The monoisotopic (exact) mass is 235 g/mol. The third-order valence-electron chi connectivity index (χ3n) is 2.95. The van der Waals surface area contributed by atoms with Gasteiger partial charge in [-0.05, 0) is 31.7 Å². The summed E-state index contributed by atoms with van der Waals surface area (Å²) >= 11 is 0. The highest BCUT2D eigenvalue weighted by Gasteiger charge is 2.14. The van der Waals surface area contributed by atoms with Gasteiger partial charge in [0.05, 0.1) is 6.61 Å². The zero-order valence-electron chi connectivity index (χ0n) is 10.0. The molecule has 0 N–H and O–H groups in total. The van der Waals surface area contributed by atoms with Crippen LogP contribution in [-0.4, -0.2) is 30.6 Å². The lowest BCUT2D eigenvalue weighted by molar-refractivity contribution is 0.0490. The second kappa shape index (κ2) is 5.77. The number of nitrogens with zero attached hydrogens (tertiary/aromatic N) is 1. The van der Waals surface area contributed by atoms with Crippen molar-refractivity contribution in [1.82, 2.24) is 4.98 Å². The fourth-order valence-corrected chi connectivity index (χ4v) is 1.82. The van der Waals surface area contributed by atoms with Gasteiger partial charge in [-0.3, -0.25) is 4.79 Å². The molecule has 0 unspecified atom stereocenters. The Balaban J connectivity index is 1.89. The van der Waals surface area contributed by atoms with Crippen LogP contribution in [0.4, 0.5) is 0 Å². The second-order valence-corrected chi connectivity index (χ2v) is 4.31. The van der Waals surface area contributed by atoms with Gasteiger partial charge in [-0.1, -0.05) is 0 Å². The maximum atomic E-state index is 11.2.